The molecule has 0 bridgehead atoms. The maximum Gasteiger partial charge on any atom is 0.330 e. The number of carbonyl (C=O) groups excluding carboxylic acids is 1. The summed E-state index contributed by atoms with van der Waals surface area (Å²) in [5, 5.41) is 3.77. The third kappa shape index (κ3) is 4.13. The van der Waals surface area contributed by atoms with Crippen molar-refractivity contribution in [1.29, 1.82) is 0 Å². The van der Waals surface area contributed by atoms with Gasteiger partial charge < -0.3 is 10.1 Å². The Bertz CT molecular complexity index is 296. The zero-order valence-corrected chi connectivity index (χ0v) is 11.4. The molecule has 0 saturated heterocycles. The molecular formula is C15H25NO2. The first-order valence-corrected chi connectivity index (χ1v) is 7.40. The molecule has 2 saturated carbocycles. The van der Waals surface area contributed by atoms with Gasteiger partial charge in [-0.15, -0.1) is 0 Å². The molecule has 0 aromatic heterocycles. The highest BCUT2D eigenvalue weighted by atomic mass is 16.5. The Balaban J connectivity index is 1.71. The lowest BCUT2D eigenvalue weighted by atomic mass is 9.90. The van der Waals surface area contributed by atoms with Crippen LogP contribution < -0.4 is 5.32 Å². The number of ether oxygens (including phenoxy) is 1. The monoisotopic (exact) mass is 251 g/mol. The number of hydrogen-bond acceptors (Lipinski definition) is 3. The first-order valence-electron chi connectivity index (χ1n) is 7.40. The molecule has 0 aliphatic heterocycles. The van der Waals surface area contributed by atoms with Crippen molar-refractivity contribution in [1.82, 2.24) is 5.32 Å². The summed E-state index contributed by atoms with van der Waals surface area (Å²) in [6.45, 7) is 2.31. The number of esters is 1. The number of hydrogen-bond donors (Lipinski definition) is 1. The summed E-state index contributed by atoms with van der Waals surface area (Å²) < 4.78 is 4.95. The highest BCUT2D eigenvalue weighted by Gasteiger charge is 2.22. The van der Waals surface area contributed by atoms with E-state index in [0.717, 1.165) is 18.9 Å². The van der Waals surface area contributed by atoms with Gasteiger partial charge in [-0.05, 0) is 45.4 Å². The van der Waals surface area contributed by atoms with E-state index in [1.54, 1.807) is 6.08 Å². The van der Waals surface area contributed by atoms with Crippen LogP contribution in [0.15, 0.2) is 11.6 Å². The number of carbonyl (C=O) groups is 1. The first kappa shape index (κ1) is 13.6. The Morgan fingerprint density at radius 2 is 1.83 bits per heavy atom. The van der Waals surface area contributed by atoms with Crippen LogP contribution in [0.3, 0.4) is 0 Å². The van der Waals surface area contributed by atoms with Crippen LogP contribution in [0.25, 0.3) is 0 Å². The molecular weight excluding hydrogens is 226 g/mol. The standard InChI is InChI=1S/C15H25NO2/c1-2-18-15(17)11-12-7-9-14(10-8-12)16-13-5-3-4-6-13/h11,13-14,16H,2-10H2,1H3. The van der Waals surface area contributed by atoms with Gasteiger partial charge in [0.15, 0.2) is 0 Å². The molecule has 2 fully saturated rings. The lowest BCUT2D eigenvalue weighted by Crippen LogP contribution is -2.38. The van der Waals surface area contributed by atoms with Crippen LogP contribution in [0.2, 0.25) is 0 Å². The lowest BCUT2D eigenvalue weighted by Gasteiger charge is -2.27. The van der Waals surface area contributed by atoms with Crippen molar-refractivity contribution in [2.75, 3.05) is 6.61 Å². The normalized spacial score (nSPS) is 25.2. The van der Waals surface area contributed by atoms with E-state index < -0.39 is 0 Å². The van der Waals surface area contributed by atoms with Gasteiger partial charge in [-0.1, -0.05) is 18.4 Å². The Hall–Kier alpha value is -0.830. The van der Waals surface area contributed by atoms with Gasteiger partial charge in [0.2, 0.25) is 0 Å². The number of allylic oxidation sites excluding steroid dienone is 1. The van der Waals surface area contributed by atoms with Gasteiger partial charge in [-0.3, -0.25) is 0 Å². The Kier molecular flexibility index (Phi) is 5.24. The molecule has 0 unspecified atom stereocenters. The maximum absolute atomic E-state index is 11.4. The molecule has 0 aromatic rings. The lowest BCUT2D eigenvalue weighted by molar-refractivity contribution is -0.137. The summed E-state index contributed by atoms with van der Waals surface area (Å²) in [6, 6.07) is 1.41. The Labute approximate surface area is 110 Å². The van der Waals surface area contributed by atoms with Gasteiger partial charge in [0.25, 0.3) is 0 Å². The molecule has 0 amide bonds. The molecule has 102 valence electrons. The fraction of sp³-hybridized carbons (Fsp3) is 0.800. The maximum atomic E-state index is 11.4. The second kappa shape index (κ2) is 6.93. The third-order valence-corrected chi connectivity index (χ3v) is 4.06. The smallest absolute Gasteiger partial charge is 0.330 e. The van der Waals surface area contributed by atoms with Crippen molar-refractivity contribution in [3.05, 3.63) is 11.6 Å². The van der Waals surface area contributed by atoms with Gasteiger partial charge in [0, 0.05) is 18.2 Å². The summed E-state index contributed by atoms with van der Waals surface area (Å²) in [4.78, 5) is 11.4. The summed E-state index contributed by atoms with van der Waals surface area (Å²) in [6.07, 6.45) is 11.6. The molecule has 2 aliphatic rings. The molecule has 3 nitrogen and oxygen atoms in total. The molecule has 0 radical (unpaired) electrons. The summed E-state index contributed by atoms with van der Waals surface area (Å²) in [5.41, 5.74) is 1.26. The van der Waals surface area contributed by atoms with Gasteiger partial charge in [0.1, 0.15) is 0 Å². The van der Waals surface area contributed by atoms with Crippen molar-refractivity contribution in [3.8, 4) is 0 Å². The van der Waals surface area contributed by atoms with Crippen LogP contribution in [0, 0.1) is 0 Å². The largest absolute Gasteiger partial charge is 0.463 e. The van der Waals surface area contributed by atoms with E-state index in [1.165, 1.54) is 44.1 Å². The van der Waals surface area contributed by atoms with Crippen molar-refractivity contribution in [2.45, 2.75) is 70.4 Å². The van der Waals surface area contributed by atoms with E-state index in [4.69, 9.17) is 4.74 Å². The van der Waals surface area contributed by atoms with Crippen molar-refractivity contribution in [3.63, 3.8) is 0 Å². The van der Waals surface area contributed by atoms with E-state index in [9.17, 15) is 4.79 Å². The molecule has 2 rings (SSSR count). The fourth-order valence-electron chi connectivity index (χ4n) is 3.08. The molecule has 0 heterocycles. The minimum Gasteiger partial charge on any atom is -0.463 e. The summed E-state index contributed by atoms with van der Waals surface area (Å²) >= 11 is 0. The molecule has 0 atom stereocenters. The molecule has 1 N–H and O–H groups in total. The predicted octanol–water partition coefficient (Wildman–Crippen LogP) is 2.95. The zero-order valence-electron chi connectivity index (χ0n) is 11.4. The van der Waals surface area contributed by atoms with Crippen LogP contribution in [-0.4, -0.2) is 24.7 Å². The van der Waals surface area contributed by atoms with Crippen LogP contribution in [0.1, 0.15) is 58.3 Å². The first-order chi connectivity index (χ1) is 8.78. The molecule has 0 aromatic carbocycles. The van der Waals surface area contributed by atoms with E-state index in [2.05, 4.69) is 5.32 Å². The van der Waals surface area contributed by atoms with Crippen molar-refractivity contribution in [2.24, 2.45) is 0 Å². The number of nitrogens with one attached hydrogen (secondary N) is 1. The molecule has 3 heteroatoms. The highest BCUT2D eigenvalue weighted by molar-refractivity contribution is 5.82. The van der Waals surface area contributed by atoms with Gasteiger partial charge in [0.05, 0.1) is 6.61 Å². The fourth-order valence-corrected chi connectivity index (χ4v) is 3.08. The van der Waals surface area contributed by atoms with E-state index in [-0.39, 0.29) is 5.97 Å². The molecule has 18 heavy (non-hydrogen) atoms. The average molecular weight is 251 g/mol. The second-order valence-corrected chi connectivity index (χ2v) is 5.48. The summed E-state index contributed by atoms with van der Waals surface area (Å²) in [5.74, 6) is -0.172. The van der Waals surface area contributed by atoms with Crippen LogP contribution in [-0.2, 0) is 9.53 Å². The number of rotatable bonds is 4. The van der Waals surface area contributed by atoms with Crippen molar-refractivity contribution >= 4 is 5.97 Å². The van der Waals surface area contributed by atoms with E-state index >= 15 is 0 Å². The van der Waals surface area contributed by atoms with E-state index in [0.29, 0.717) is 12.6 Å². The highest BCUT2D eigenvalue weighted by Crippen LogP contribution is 2.26. The van der Waals surface area contributed by atoms with Crippen molar-refractivity contribution < 1.29 is 9.53 Å². The predicted molar refractivity (Wildman–Crippen MR) is 72.4 cm³/mol. The second-order valence-electron chi connectivity index (χ2n) is 5.48. The third-order valence-electron chi connectivity index (χ3n) is 4.06. The average Bonchev–Trinajstić information content (AvgIpc) is 2.85. The van der Waals surface area contributed by atoms with Crippen LogP contribution >= 0.6 is 0 Å². The molecule has 2 aliphatic carbocycles. The van der Waals surface area contributed by atoms with Crippen LogP contribution in [0.5, 0.6) is 0 Å². The summed E-state index contributed by atoms with van der Waals surface area (Å²) in [7, 11) is 0. The Morgan fingerprint density at radius 3 is 2.44 bits per heavy atom. The zero-order chi connectivity index (χ0) is 12.8. The minimum atomic E-state index is -0.172. The SMILES string of the molecule is CCOC(=O)C=C1CCC(NC2CCCC2)CC1. The van der Waals surface area contributed by atoms with E-state index in [1.807, 2.05) is 6.92 Å². The van der Waals surface area contributed by atoms with Crippen LogP contribution in [0.4, 0.5) is 0 Å². The van der Waals surface area contributed by atoms with Gasteiger partial charge >= 0.3 is 5.97 Å². The van der Waals surface area contributed by atoms with Gasteiger partial charge in [-0.2, -0.15) is 0 Å². The quantitative estimate of drug-likeness (QED) is 0.616. The minimum absolute atomic E-state index is 0.172. The van der Waals surface area contributed by atoms with Gasteiger partial charge in [-0.25, -0.2) is 4.79 Å². The molecule has 0 spiro atoms. The Morgan fingerprint density at radius 1 is 1.22 bits per heavy atom. The topological polar surface area (TPSA) is 38.3 Å².